The van der Waals surface area contributed by atoms with E-state index in [-0.39, 0.29) is 5.41 Å². The van der Waals surface area contributed by atoms with Crippen molar-refractivity contribution in [3.05, 3.63) is 42.4 Å². The number of pyridine rings is 1. The lowest BCUT2D eigenvalue weighted by molar-refractivity contribution is 0.388. The van der Waals surface area contributed by atoms with Gasteiger partial charge in [-0.15, -0.1) is 0 Å². The molecule has 1 aromatic rings. The summed E-state index contributed by atoms with van der Waals surface area (Å²) in [4.78, 5) is 8.88. The van der Waals surface area contributed by atoms with Gasteiger partial charge in [-0.2, -0.15) is 0 Å². The van der Waals surface area contributed by atoms with E-state index in [0.29, 0.717) is 0 Å². The fraction of sp³-hybridized carbons (Fsp3) is 0.467. The van der Waals surface area contributed by atoms with Gasteiger partial charge in [-0.3, -0.25) is 9.98 Å². The van der Waals surface area contributed by atoms with Crippen LogP contribution in [0.5, 0.6) is 0 Å². The van der Waals surface area contributed by atoms with Gasteiger partial charge in [-0.25, -0.2) is 0 Å². The zero-order valence-electron chi connectivity index (χ0n) is 10.8. The van der Waals surface area contributed by atoms with Crippen LogP contribution in [0.25, 0.3) is 0 Å². The number of rotatable bonds is 5. The molecular weight excluding hydrogens is 288 g/mol. The standard InChI is InChI=1S/C15H19BrN2/c1-15(7-3-4-9-16)8-11-18-14(12-15)13-6-2-5-10-17-13/h2,5-6,8,10-11H,3-4,7,9,12H2,1H3. The van der Waals surface area contributed by atoms with Crippen LogP contribution in [0, 0.1) is 5.41 Å². The largest absolute Gasteiger partial charge is 0.259 e. The van der Waals surface area contributed by atoms with Gasteiger partial charge in [0.25, 0.3) is 0 Å². The second-order valence-electron chi connectivity index (χ2n) is 5.08. The number of nitrogens with zero attached hydrogens (tertiary/aromatic N) is 2. The highest BCUT2D eigenvalue weighted by molar-refractivity contribution is 9.09. The minimum Gasteiger partial charge on any atom is -0.259 e. The van der Waals surface area contributed by atoms with Crippen molar-refractivity contribution in [2.45, 2.75) is 32.6 Å². The van der Waals surface area contributed by atoms with Gasteiger partial charge >= 0.3 is 0 Å². The lowest BCUT2D eigenvalue weighted by atomic mass is 9.78. The average Bonchev–Trinajstić information content (AvgIpc) is 2.40. The molecule has 18 heavy (non-hydrogen) atoms. The molecule has 0 radical (unpaired) electrons. The highest BCUT2D eigenvalue weighted by atomic mass is 79.9. The second kappa shape index (κ2) is 6.28. The number of hydrogen-bond donors (Lipinski definition) is 0. The van der Waals surface area contributed by atoms with Crippen LogP contribution in [0.3, 0.4) is 0 Å². The van der Waals surface area contributed by atoms with E-state index >= 15 is 0 Å². The molecule has 3 heteroatoms. The topological polar surface area (TPSA) is 25.2 Å². The van der Waals surface area contributed by atoms with Crippen molar-refractivity contribution in [2.75, 3.05) is 5.33 Å². The van der Waals surface area contributed by atoms with Crippen molar-refractivity contribution in [3.63, 3.8) is 0 Å². The van der Waals surface area contributed by atoms with Crippen LogP contribution >= 0.6 is 15.9 Å². The van der Waals surface area contributed by atoms with Gasteiger partial charge in [-0.1, -0.05) is 41.4 Å². The quantitative estimate of drug-likeness (QED) is 0.586. The smallest absolute Gasteiger partial charge is 0.0844 e. The van der Waals surface area contributed by atoms with E-state index in [1.54, 1.807) is 0 Å². The molecule has 1 aromatic heterocycles. The number of unbranched alkanes of at least 4 members (excludes halogenated alkanes) is 1. The Kier molecular flexibility index (Phi) is 4.70. The van der Waals surface area contributed by atoms with Crippen LogP contribution in [0.4, 0.5) is 0 Å². The Labute approximate surface area is 117 Å². The van der Waals surface area contributed by atoms with Gasteiger partial charge in [0.05, 0.1) is 11.4 Å². The van der Waals surface area contributed by atoms with Crippen LogP contribution in [-0.4, -0.2) is 16.0 Å². The highest BCUT2D eigenvalue weighted by Crippen LogP contribution is 2.34. The van der Waals surface area contributed by atoms with E-state index < -0.39 is 0 Å². The molecule has 0 aliphatic carbocycles. The lowest BCUT2D eigenvalue weighted by Crippen LogP contribution is -2.22. The molecule has 0 spiro atoms. The molecule has 2 nitrogen and oxygen atoms in total. The molecule has 1 atom stereocenters. The Balaban J connectivity index is 2.04. The predicted molar refractivity (Wildman–Crippen MR) is 80.3 cm³/mol. The predicted octanol–water partition coefficient (Wildman–Crippen LogP) is 4.36. The minimum atomic E-state index is 0.233. The van der Waals surface area contributed by atoms with Gasteiger partial charge in [-0.05, 0) is 30.4 Å². The maximum absolute atomic E-state index is 4.49. The minimum absolute atomic E-state index is 0.233. The molecule has 0 saturated heterocycles. The van der Waals surface area contributed by atoms with Crippen LogP contribution in [0.2, 0.25) is 0 Å². The van der Waals surface area contributed by atoms with Crippen LogP contribution in [0.15, 0.2) is 41.7 Å². The molecule has 1 aliphatic rings. The Morgan fingerprint density at radius 1 is 1.33 bits per heavy atom. The lowest BCUT2D eigenvalue weighted by Gasteiger charge is -2.28. The normalized spacial score (nSPS) is 22.9. The zero-order valence-corrected chi connectivity index (χ0v) is 12.4. The summed E-state index contributed by atoms with van der Waals surface area (Å²) in [6, 6.07) is 6.00. The maximum atomic E-state index is 4.49. The third kappa shape index (κ3) is 3.52. The summed E-state index contributed by atoms with van der Waals surface area (Å²) >= 11 is 3.49. The Bertz CT molecular complexity index is 439. The third-order valence-electron chi connectivity index (χ3n) is 3.37. The number of alkyl halides is 1. The summed E-state index contributed by atoms with van der Waals surface area (Å²) in [5, 5.41) is 1.09. The molecule has 1 aliphatic heterocycles. The molecule has 0 bridgehead atoms. The van der Waals surface area contributed by atoms with Crippen LogP contribution in [0.1, 0.15) is 38.3 Å². The van der Waals surface area contributed by atoms with Crippen molar-refractivity contribution >= 4 is 21.6 Å². The Morgan fingerprint density at radius 2 is 2.22 bits per heavy atom. The number of hydrogen-bond acceptors (Lipinski definition) is 2. The fourth-order valence-electron chi connectivity index (χ4n) is 2.28. The summed E-state index contributed by atoms with van der Waals surface area (Å²) < 4.78 is 0. The Hall–Kier alpha value is -0.960. The monoisotopic (exact) mass is 306 g/mol. The van der Waals surface area contributed by atoms with Crippen LogP contribution < -0.4 is 0 Å². The van der Waals surface area contributed by atoms with E-state index in [1.165, 1.54) is 19.3 Å². The van der Waals surface area contributed by atoms with Crippen molar-refractivity contribution in [1.29, 1.82) is 0 Å². The summed E-state index contributed by atoms with van der Waals surface area (Å²) in [5.41, 5.74) is 2.35. The molecule has 0 fully saturated rings. The van der Waals surface area contributed by atoms with E-state index in [2.05, 4.69) is 38.9 Å². The maximum Gasteiger partial charge on any atom is 0.0844 e. The first kappa shape index (κ1) is 13.5. The van der Waals surface area contributed by atoms with Crippen molar-refractivity contribution in [2.24, 2.45) is 10.4 Å². The first-order chi connectivity index (χ1) is 8.73. The van der Waals surface area contributed by atoms with Gasteiger partial charge in [0.1, 0.15) is 0 Å². The third-order valence-corrected chi connectivity index (χ3v) is 3.93. The summed E-state index contributed by atoms with van der Waals surface area (Å²) in [6.07, 6.45) is 10.7. The molecule has 0 amide bonds. The van der Waals surface area contributed by atoms with E-state index in [0.717, 1.165) is 23.2 Å². The number of aromatic nitrogens is 1. The molecule has 2 heterocycles. The number of allylic oxidation sites excluding steroid dienone is 1. The SMILES string of the molecule is CC1(CCCCBr)C=CN=C(c2ccccn2)C1. The molecule has 2 rings (SSSR count). The van der Waals surface area contributed by atoms with Crippen molar-refractivity contribution < 1.29 is 0 Å². The molecule has 0 N–H and O–H groups in total. The number of halogens is 1. The van der Waals surface area contributed by atoms with Gasteiger partial charge in [0.15, 0.2) is 0 Å². The molecule has 96 valence electrons. The summed E-state index contributed by atoms with van der Waals surface area (Å²) in [6.45, 7) is 2.31. The number of aliphatic imine (C=N–C) groups is 1. The summed E-state index contributed by atoms with van der Waals surface area (Å²) in [7, 11) is 0. The zero-order chi connectivity index (χ0) is 12.8. The van der Waals surface area contributed by atoms with E-state index in [9.17, 15) is 0 Å². The van der Waals surface area contributed by atoms with E-state index in [1.807, 2.05) is 30.6 Å². The Morgan fingerprint density at radius 3 is 2.94 bits per heavy atom. The molecule has 0 saturated carbocycles. The molecule has 1 unspecified atom stereocenters. The average molecular weight is 307 g/mol. The van der Waals surface area contributed by atoms with Gasteiger partial charge in [0, 0.05) is 24.1 Å². The van der Waals surface area contributed by atoms with Gasteiger partial charge < -0.3 is 0 Å². The van der Waals surface area contributed by atoms with Gasteiger partial charge in [0.2, 0.25) is 0 Å². The van der Waals surface area contributed by atoms with Crippen molar-refractivity contribution in [3.8, 4) is 0 Å². The first-order valence-corrected chi connectivity index (χ1v) is 7.57. The second-order valence-corrected chi connectivity index (χ2v) is 5.88. The fourth-order valence-corrected chi connectivity index (χ4v) is 2.68. The van der Waals surface area contributed by atoms with Crippen molar-refractivity contribution in [1.82, 2.24) is 4.98 Å². The molecule has 0 aromatic carbocycles. The highest BCUT2D eigenvalue weighted by Gasteiger charge is 2.26. The van der Waals surface area contributed by atoms with Crippen LogP contribution in [-0.2, 0) is 0 Å². The molecular formula is C15H19BrN2. The summed E-state index contributed by atoms with van der Waals surface area (Å²) in [5.74, 6) is 0. The van der Waals surface area contributed by atoms with E-state index in [4.69, 9.17) is 0 Å². The first-order valence-electron chi connectivity index (χ1n) is 6.45.